The molecular weight excluding hydrogens is 414 g/mol. The van der Waals surface area contributed by atoms with Crippen molar-refractivity contribution < 1.29 is 19.1 Å². The van der Waals surface area contributed by atoms with Crippen LogP contribution >= 0.6 is 0 Å². The van der Waals surface area contributed by atoms with Crippen molar-refractivity contribution in [1.29, 1.82) is 0 Å². The van der Waals surface area contributed by atoms with Crippen LogP contribution in [0.3, 0.4) is 0 Å². The van der Waals surface area contributed by atoms with Gasteiger partial charge in [-0.3, -0.25) is 9.59 Å². The zero-order chi connectivity index (χ0) is 22.9. The number of imide groups is 1. The summed E-state index contributed by atoms with van der Waals surface area (Å²) in [6.07, 6.45) is 4.18. The first-order chi connectivity index (χ1) is 16.1. The Kier molecular flexibility index (Phi) is 5.47. The minimum absolute atomic E-state index is 0.186. The summed E-state index contributed by atoms with van der Waals surface area (Å²) < 4.78 is 10.9. The standard InChI is InChI=1S/C28H25NO4/c1-32-20-13-16-24(33-2)23(17-20)29-27(30)25-21(18-9-5-3-6-10-18)14-15-22(26(25)28(29)31)19-11-7-4-8-12-19/h3-17,21-22,25-26H,1-2H3/t21-,22+,25-,26-/m0/s1. The van der Waals surface area contributed by atoms with Gasteiger partial charge in [0.25, 0.3) is 0 Å². The van der Waals surface area contributed by atoms with Crippen LogP contribution in [0, 0.1) is 11.8 Å². The lowest BCUT2D eigenvalue weighted by Gasteiger charge is -2.32. The average Bonchev–Trinajstić information content (AvgIpc) is 3.14. The first kappa shape index (κ1) is 21.0. The molecule has 5 rings (SSSR count). The number of allylic oxidation sites excluding steroid dienone is 2. The topological polar surface area (TPSA) is 55.8 Å². The van der Waals surface area contributed by atoms with E-state index in [9.17, 15) is 9.59 Å². The van der Waals surface area contributed by atoms with E-state index >= 15 is 0 Å². The van der Waals surface area contributed by atoms with Gasteiger partial charge in [0.2, 0.25) is 11.8 Å². The van der Waals surface area contributed by atoms with Crippen LogP contribution in [0.15, 0.2) is 91.0 Å². The number of ether oxygens (including phenoxy) is 2. The van der Waals surface area contributed by atoms with Crippen LogP contribution < -0.4 is 14.4 Å². The fourth-order valence-electron chi connectivity index (χ4n) is 5.14. The molecule has 5 heteroatoms. The molecule has 1 aliphatic carbocycles. The molecule has 0 N–H and O–H groups in total. The van der Waals surface area contributed by atoms with Crippen molar-refractivity contribution in [3.8, 4) is 11.5 Å². The third-order valence-corrected chi connectivity index (χ3v) is 6.69. The van der Waals surface area contributed by atoms with Gasteiger partial charge in [0.15, 0.2) is 0 Å². The number of hydrogen-bond donors (Lipinski definition) is 0. The van der Waals surface area contributed by atoms with E-state index in [0.717, 1.165) is 11.1 Å². The highest BCUT2D eigenvalue weighted by Crippen LogP contribution is 2.51. The van der Waals surface area contributed by atoms with Crippen LogP contribution in [-0.4, -0.2) is 26.0 Å². The van der Waals surface area contributed by atoms with Gasteiger partial charge >= 0.3 is 0 Å². The summed E-state index contributed by atoms with van der Waals surface area (Å²) in [7, 11) is 3.09. The Morgan fingerprint density at radius 1 is 0.667 bits per heavy atom. The van der Waals surface area contributed by atoms with E-state index in [2.05, 4.69) is 12.2 Å². The Balaban J connectivity index is 1.65. The number of hydrogen-bond acceptors (Lipinski definition) is 4. The molecule has 1 heterocycles. The molecular formula is C28H25NO4. The molecule has 1 saturated heterocycles. The molecule has 3 aromatic rings. The SMILES string of the molecule is COc1ccc(OC)c(N2C(=O)[C@@H]3[C@@H](C2=O)[C@H](c2ccccc2)C=C[C@@H]3c2ccccc2)c1. The van der Waals surface area contributed by atoms with Gasteiger partial charge in [-0.1, -0.05) is 72.8 Å². The Bertz CT molecular complexity index is 1140. The second-order valence-electron chi connectivity index (χ2n) is 8.36. The number of carbonyl (C=O) groups excluding carboxylic acids is 2. The lowest BCUT2D eigenvalue weighted by molar-refractivity contribution is -0.122. The van der Waals surface area contributed by atoms with Gasteiger partial charge < -0.3 is 9.47 Å². The summed E-state index contributed by atoms with van der Waals surface area (Å²) in [5.74, 6) is -0.804. The molecule has 166 valence electrons. The molecule has 2 amide bonds. The van der Waals surface area contributed by atoms with Gasteiger partial charge in [0, 0.05) is 17.9 Å². The highest BCUT2D eigenvalue weighted by atomic mass is 16.5. The van der Waals surface area contributed by atoms with E-state index in [1.54, 1.807) is 25.3 Å². The first-order valence-electron chi connectivity index (χ1n) is 11.0. The molecule has 0 spiro atoms. The highest BCUT2D eigenvalue weighted by molar-refractivity contribution is 6.23. The number of methoxy groups -OCH3 is 2. The number of fused-ring (bicyclic) bond motifs is 1. The normalized spacial score (nSPS) is 24.0. The molecule has 0 bridgehead atoms. The maximum absolute atomic E-state index is 14.0. The highest BCUT2D eigenvalue weighted by Gasteiger charge is 2.56. The van der Waals surface area contributed by atoms with Crippen molar-refractivity contribution in [3.05, 3.63) is 102 Å². The van der Waals surface area contributed by atoms with Crippen LogP contribution in [0.1, 0.15) is 23.0 Å². The molecule has 1 aliphatic heterocycles. The van der Waals surface area contributed by atoms with Crippen LogP contribution in [0.4, 0.5) is 5.69 Å². The van der Waals surface area contributed by atoms with Crippen molar-refractivity contribution in [2.24, 2.45) is 11.8 Å². The Labute approximate surface area is 193 Å². The summed E-state index contributed by atoms with van der Waals surface area (Å²) in [6, 6.07) is 25.0. The van der Waals surface area contributed by atoms with E-state index in [4.69, 9.17) is 9.47 Å². The van der Waals surface area contributed by atoms with Crippen molar-refractivity contribution in [2.75, 3.05) is 19.1 Å². The van der Waals surface area contributed by atoms with Crippen molar-refractivity contribution in [2.45, 2.75) is 11.8 Å². The van der Waals surface area contributed by atoms with Gasteiger partial charge in [0.1, 0.15) is 11.5 Å². The number of carbonyl (C=O) groups is 2. The van der Waals surface area contributed by atoms with Crippen LogP contribution in [0.2, 0.25) is 0 Å². The van der Waals surface area contributed by atoms with Gasteiger partial charge in [-0.05, 0) is 23.3 Å². The number of nitrogens with zero attached hydrogens (tertiary/aromatic N) is 1. The predicted octanol–water partition coefficient (Wildman–Crippen LogP) is 4.95. The Morgan fingerprint density at radius 3 is 1.64 bits per heavy atom. The summed E-state index contributed by atoms with van der Waals surface area (Å²) in [5, 5.41) is 0. The summed E-state index contributed by atoms with van der Waals surface area (Å²) in [6.45, 7) is 0. The molecule has 5 nitrogen and oxygen atoms in total. The van der Waals surface area contributed by atoms with Crippen molar-refractivity contribution in [3.63, 3.8) is 0 Å². The van der Waals surface area contributed by atoms with Crippen LogP contribution in [0.25, 0.3) is 0 Å². The number of amides is 2. The monoisotopic (exact) mass is 439 g/mol. The van der Waals surface area contributed by atoms with Gasteiger partial charge in [-0.2, -0.15) is 0 Å². The van der Waals surface area contributed by atoms with Crippen molar-refractivity contribution in [1.82, 2.24) is 0 Å². The molecule has 1 fully saturated rings. The van der Waals surface area contributed by atoms with Crippen LogP contribution in [-0.2, 0) is 9.59 Å². The predicted molar refractivity (Wildman–Crippen MR) is 127 cm³/mol. The van der Waals surface area contributed by atoms with E-state index in [0.29, 0.717) is 17.2 Å². The zero-order valence-corrected chi connectivity index (χ0v) is 18.5. The largest absolute Gasteiger partial charge is 0.497 e. The van der Waals surface area contributed by atoms with E-state index in [1.807, 2.05) is 60.7 Å². The molecule has 0 saturated carbocycles. The quantitative estimate of drug-likeness (QED) is 0.417. The Morgan fingerprint density at radius 2 is 1.18 bits per heavy atom. The Hall–Kier alpha value is -3.86. The second kappa shape index (κ2) is 8.58. The van der Waals surface area contributed by atoms with Crippen LogP contribution in [0.5, 0.6) is 11.5 Å². The summed E-state index contributed by atoms with van der Waals surface area (Å²) in [5.41, 5.74) is 2.46. The molecule has 0 unspecified atom stereocenters. The lowest BCUT2D eigenvalue weighted by atomic mass is 9.68. The minimum Gasteiger partial charge on any atom is -0.497 e. The molecule has 4 atom stereocenters. The zero-order valence-electron chi connectivity index (χ0n) is 18.5. The maximum Gasteiger partial charge on any atom is 0.238 e. The van der Waals surface area contributed by atoms with Gasteiger partial charge in [-0.15, -0.1) is 0 Å². The number of benzene rings is 3. The smallest absolute Gasteiger partial charge is 0.238 e. The fraction of sp³-hybridized carbons (Fsp3) is 0.214. The molecule has 3 aromatic carbocycles. The van der Waals surface area contributed by atoms with Gasteiger partial charge in [0.05, 0.1) is 31.7 Å². The third-order valence-electron chi connectivity index (χ3n) is 6.69. The molecule has 33 heavy (non-hydrogen) atoms. The molecule has 2 aliphatic rings. The minimum atomic E-state index is -0.508. The van der Waals surface area contributed by atoms with E-state index < -0.39 is 11.8 Å². The third kappa shape index (κ3) is 3.50. The van der Waals surface area contributed by atoms with E-state index in [1.165, 1.54) is 12.0 Å². The van der Waals surface area contributed by atoms with E-state index in [-0.39, 0.29) is 23.7 Å². The fourth-order valence-corrected chi connectivity index (χ4v) is 5.14. The summed E-state index contributed by atoms with van der Waals surface area (Å²) >= 11 is 0. The molecule has 0 aromatic heterocycles. The number of rotatable bonds is 5. The average molecular weight is 440 g/mol. The maximum atomic E-state index is 14.0. The summed E-state index contributed by atoms with van der Waals surface area (Å²) in [4.78, 5) is 29.2. The van der Waals surface area contributed by atoms with Gasteiger partial charge in [-0.25, -0.2) is 4.90 Å². The number of anilines is 1. The first-order valence-corrected chi connectivity index (χ1v) is 11.0. The molecule has 0 radical (unpaired) electrons. The second-order valence-corrected chi connectivity index (χ2v) is 8.36. The lowest BCUT2D eigenvalue weighted by Crippen LogP contribution is -2.32. The van der Waals surface area contributed by atoms with Crippen molar-refractivity contribution >= 4 is 17.5 Å².